The molecule has 1 aromatic heterocycles. The summed E-state index contributed by atoms with van der Waals surface area (Å²) in [5.41, 5.74) is 5.89. The third kappa shape index (κ3) is 1.90. The minimum absolute atomic E-state index is 0.259. The van der Waals surface area contributed by atoms with Gasteiger partial charge < -0.3 is 5.73 Å². The summed E-state index contributed by atoms with van der Waals surface area (Å²) in [5.74, 6) is 3.81. The Balaban J connectivity index is 1.61. The van der Waals surface area contributed by atoms with Gasteiger partial charge in [0, 0.05) is 5.41 Å². The minimum Gasteiger partial charge on any atom is -0.330 e. The Morgan fingerprint density at radius 1 is 1.20 bits per heavy atom. The largest absolute Gasteiger partial charge is 0.330 e. The van der Waals surface area contributed by atoms with E-state index in [9.17, 15) is 0 Å². The quantitative estimate of drug-likeness (QED) is 0.913. The van der Waals surface area contributed by atoms with Crippen molar-refractivity contribution in [2.75, 3.05) is 6.54 Å². The van der Waals surface area contributed by atoms with Crippen molar-refractivity contribution in [1.29, 1.82) is 0 Å². The van der Waals surface area contributed by atoms with Gasteiger partial charge in [0.2, 0.25) is 0 Å². The van der Waals surface area contributed by atoms with Gasteiger partial charge in [-0.15, -0.1) is 10.2 Å². The van der Waals surface area contributed by atoms with Gasteiger partial charge in [-0.3, -0.25) is 0 Å². The molecule has 4 fully saturated rings. The molecule has 0 aromatic carbocycles. The fraction of sp³-hybridized carbons (Fsp3) is 0.933. The van der Waals surface area contributed by atoms with E-state index >= 15 is 0 Å². The molecule has 5 heteroatoms. The molecular weight excluding hydrogens is 250 g/mol. The number of hydrogen-bond acceptors (Lipinski definition) is 4. The average molecular weight is 275 g/mol. The molecule has 110 valence electrons. The lowest BCUT2D eigenvalue weighted by Crippen LogP contribution is -2.49. The predicted octanol–water partition coefficient (Wildman–Crippen LogP) is 2.05. The van der Waals surface area contributed by atoms with Crippen LogP contribution < -0.4 is 5.73 Å². The Kier molecular flexibility index (Phi) is 2.88. The summed E-state index contributed by atoms with van der Waals surface area (Å²) in [4.78, 5) is 1.79. The number of hydrogen-bond donors (Lipinski definition) is 1. The van der Waals surface area contributed by atoms with E-state index in [1.54, 1.807) is 4.80 Å². The Labute approximate surface area is 120 Å². The van der Waals surface area contributed by atoms with Gasteiger partial charge >= 0.3 is 0 Å². The van der Waals surface area contributed by atoms with Gasteiger partial charge in [0.15, 0.2) is 5.82 Å². The van der Waals surface area contributed by atoms with Crippen molar-refractivity contribution >= 4 is 0 Å². The Morgan fingerprint density at radius 2 is 1.80 bits per heavy atom. The van der Waals surface area contributed by atoms with Gasteiger partial charge in [0.05, 0.1) is 6.04 Å². The smallest absolute Gasteiger partial charge is 0.180 e. The summed E-state index contributed by atoms with van der Waals surface area (Å²) < 4.78 is 0. The highest BCUT2D eigenvalue weighted by atomic mass is 15.6. The summed E-state index contributed by atoms with van der Waals surface area (Å²) in [6, 6.07) is 0.259. The fourth-order valence-corrected chi connectivity index (χ4v) is 5.37. The van der Waals surface area contributed by atoms with Crippen molar-refractivity contribution in [3.8, 4) is 0 Å². The number of nitrogens with zero attached hydrogens (tertiary/aromatic N) is 4. The highest BCUT2D eigenvalue weighted by Gasteiger charge is 2.53. The SMILES string of the molecule is CC(CCN)n1nnc(C23CC4CC(CC(C4)C2)C3)n1. The summed E-state index contributed by atoms with van der Waals surface area (Å²) >= 11 is 0. The molecule has 0 amide bonds. The number of nitrogens with two attached hydrogens (primary N) is 1. The lowest BCUT2D eigenvalue weighted by atomic mass is 9.49. The van der Waals surface area contributed by atoms with Crippen molar-refractivity contribution in [3.63, 3.8) is 0 Å². The lowest BCUT2D eigenvalue weighted by Gasteiger charge is -2.55. The first kappa shape index (κ1) is 12.7. The van der Waals surface area contributed by atoms with Gasteiger partial charge in [-0.2, -0.15) is 4.80 Å². The number of aromatic nitrogens is 4. The summed E-state index contributed by atoms with van der Waals surface area (Å²) in [6.07, 6.45) is 9.18. The predicted molar refractivity (Wildman–Crippen MR) is 76.0 cm³/mol. The first-order valence-corrected chi connectivity index (χ1v) is 8.18. The zero-order chi connectivity index (χ0) is 13.7. The van der Waals surface area contributed by atoms with Gasteiger partial charge in [0.25, 0.3) is 0 Å². The van der Waals surface area contributed by atoms with Crippen LogP contribution in [0.4, 0.5) is 0 Å². The standard InChI is InChI=1S/C15H25N5/c1-10(2-3-16)20-18-14(17-19-20)15-7-11-4-12(8-15)6-13(5-11)9-15/h10-13H,2-9,16H2,1H3. The second kappa shape index (κ2) is 4.52. The zero-order valence-corrected chi connectivity index (χ0v) is 12.3. The maximum absolute atomic E-state index is 5.63. The van der Waals surface area contributed by atoms with Crippen LogP contribution in [0.15, 0.2) is 0 Å². The Hall–Kier alpha value is -0.970. The average Bonchev–Trinajstić information content (AvgIpc) is 2.87. The molecule has 4 bridgehead atoms. The molecule has 5 nitrogen and oxygen atoms in total. The van der Waals surface area contributed by atoms with Crippen LogP contribution in [0.5, 0.6) is 0 Å². The van der Waals surface area contributed by atoms with Crippen molar-refractivity contribution in [3.05, 3.63) is 5.82 Å². The monoisotopic (exact) mass is 275 g/mol. The first-order valence-electron chi connectivity index (χ1n) is 8.18. The van der Waals surface area contributed by atoms with Crippen LogP contribution in [0, 0.1) is 17.8 Å². The van der Waals surface area contributed by atoms with Crippen LogP contribution in [0.3, 0.4) is 0 Å². The molecule has 1 aromatic rings. The molecule has 1 unspecified atom stereocenters. The normalized spacial score (nSPS) is 40.2. The summed E-state index contributed by atoms with van der Waals surface area (Å²) in [6.45, 7) is 2.80. The van der Waals surface area contributed by atoms with E-state index in [1.807, 2.05) is 0 Å². The molecule has 1 heterocycles. The third-order valence-corrected chi connectivity index (χ3v) is 5.92. The fourth-order valence-electron chi connectivity index (χ4n) is 5.37. The molecule has 4 aliphatic carbocycles. The van der Waals surface area contributed by atoms with Crippen molar-refractivity contribution in [2.24, 2.45) is 23.5 Å². The van der Waals surface area contributed by atoms with Crippen molar-refractivity contribution in [2.45, 2.75) is 63.3 Å². The van der Waals surface area contributed by atoms with Crippen LogP contribution in [0.1, 0.15) is 63.7 Å². The van der Waals surface area contributed by atoms with E-state index in [4.69, 9.17) is 10.8 Å². The van der Waals surface area contributed by atoms with Crippen LogP contribution in [-0.4, -0.2) is 26.8 Å². The number of rotatable bonds is 4. The Morgan fingerprint density at radius 3 is 2.35 bits per heavy atom. The van der Waals surface area contributed by atoms with E-state index in [2.05, 4.69) is 17.2 Å². The van der Waals surface area contributed by atoms with Gasteiger partial charge in [-0.25, -0.2) is 0 Å². The van der Waals surface area contributed by atoms with Gasteiger partial charge in [-0.1, -0.05) is 0 Å². The van der Waals surface area contributed by atoms with Crippen LogP contribution >= 0.6 is 0 Å². The van der Waals surface area contributed by atoms with Crippen molar-refractivity contribution in [1.82, 2.24) is 20.2 Å². The summed E-state index contributed by atoms with van der Waals surface area (Å²) in [7, 11) is 0. The maximum Gasteiger partial charge on any atom is 0.180 e. The molecule has 4 aliphatic rings. The van der Waals surface area contributed by atoms with Crippen LogP contribution in [0.2, 0.25) is 0 Å². The zero-order valence-electron chi connectivity index (χ0n) is 12.3. The van der Waals surface area contributed by atoms with E-state index in [0.717, 1.165) is 30.0 Å². The molecule has 0 aliphatic heterocycles. The highest BCUT2D eigenvalue weighted by molar-refractivity contribution is 5.15. The van der Waals surface area contributed by atoms with Gasteiger partial charge in [-0.05, 0) is 81.4 Å². The second-order valence-corrected chi connectivity index (χ2v) is 7.56. The first-order chi connectivity index (χ1) is 9.68. The van der Waals surface area contributed by atoms with E-state index in [-0.39, 0.29) is 11.5 Å². The molecular formula is C15H25N5. The number of tetrazole rings is 1. The second-order valence-electron chi connectivity index (χ2n) is 7.56. The highest BCUT2D eigenvalue weighted by Crippen LogP contribution is 2.59. The van der Waals surface area contributed by atoms with Crippen LogP contribution in [0.25, 0.3) is 0 Å². The maximum atomic E-state index is 5.63. The molecule has 2 N–H and O–H groups in total. The lowest BCUT2D eigenvalue weighted by molar-refractivity contribution is -0.00958. The molecule has 1 atom stereocenters. The molecule has 0 saturated heterocycles. The van der Waals surface area contributed by atoms with E-state index < -0.39 is 0 Å². The van der Waals surface area contributed by atoms with E-state index in [0.29, 0.717) is 6.54 Å². The molecule has 20 heavy (non-hydrogen) atoms. The molecule has 0 radical (unpaired) electrons. The van der Waals surface area contributed by atoms with Crippen molar-refractivity contribution < 1.29 is 0 Å². The van der Waals surface area contributed by atoms with Crippen LogP contribution in [-0.2, 0) is 5.41 Å². The molecule has 5 rings (SSSR count). The van der Waals surface area contributed by atoms with E-state index in [1.165, 1.54) is 38.5 Å². The Bertz CT molecular complexity index is 459. The molecule has 4 saturated carbocycles. The van der Waals surface area contributed by atoms with Gasteiger partial charge in [0.1, 0.15) is 0 Å². The summed E-state index contributed by atoms with van der Waals surface area (Å²) in [5, 5.41) is 13.5. The minimum atomic E-state index is 0.259. The molecule has 0 spiro atoms. The topological polar surface area (TPSA) is 69.6 Å². The third-order valence-electron chi connectivity index (χ3n) is 5.92.